The highest BCUT2D eigenvalue weighted by molar-refractivity contribution is 6.02. The van der Waals surface area contributed by atoms with Crippen molar-refractivity contribution in [3.05, 3.63) is 90.0 Å². The summed E-state index contributed by atoms with van der Waals surface area (Å²) in [5.41, 5.74) is 4.46. The Morgan fingerprint density at radius 1 is 1.00 bits per heavy atom. The first-order valence-electron chi connectivity index (χ1n) is 9.07. The summed E-state index contributed by atoms with van der Waals surface area (Å²) in [5.74, 6) is -0.132. The van der Waals surface area contributed by atoms with Crippen LogP contribution in [0, 0.1) is 0 Å². The third-order valence-corrected chi connectivity index (χ3v) is 4.49. The van der Waals surface area contributed by atoms with E-state index in [4.69, 9.17) is 4.74 Å². The molecule has 4 rings (SSSR count). The zero-order valence-electron chi connectivity index (χ0n) is 15.4. The van der Waals surface area contributed by atoms with Crippen LogP contribution in [0.1, 0.15) is 22.1 Å². The summed E-state index contributed by atoms with van der Waals surface area (Å²) in [7, 11) is 0. The van der Waals surface area contributed by atoms with Crippen LogP contribution in [-0.2, 0) is 4.79 Å². The van der Waals surface area contributed by atoms with E-state index < -0.39 is 12.1 Å². The lowest BCUT2D eigenvalue weighted by atomic mass is 10.0. The summed E-state index contributed by atoms with van der Waals surface area (Å²) < 4.78 is 5.47. The number of rotatable bonds is 5. The summed E-state index contributed by atoms with van der Waals surface area (Å²) in [5, 5.41) is 14.1. The van der Waals surface area contributed by atoms with Crippen molar-refractivity contribution >= 4 is 17.5 Å². The molecule has 1 atom stereocenters. The van der Waals surface area contributed by atoms with Crippen molar-refractivity contribution in [1.29, 1.82) is 0 Å². The number of para-hydroxylation sites is 2. The number of carbonyl (C=O) groups is 2. The molecule has 29 heavy (non-hydrogen) atoms. The van der Waals surface area contributed by atoms with Gasteiger partial charge in [0, 0.05) is 5.69 Å². The van der Waals surface area contributed by atoms with E-state index in [1.165, 1.54) is 17.1 Å². The zero-order chi connectivity index (χ0) is 20.2. The number of fused-ring (bicyclic) bond motifs is 1. The van der Waals surface area contributed by atoms with Gasteiger partial charge < -0.3 is 15.2 Å². The fourth-order valence-electron chi connectivity index (χ4n) is 3.09. The minimum atomic E-state index is -0.640. The Morgan fingerprint density at radius 3 is 2.45 bits per heavy atom. The van der Waals surface area contributed by atoms with Gasteiger partial charge >= 0.3 is 0 Å². The molecule has 1 aliphatic heterocycles. The largest absolute Gasteiger partial charge is 0.508 e. The molecule has 3 aromatic rings. The molecule has 146 valence electrons. The zero-order valence-corrected chi connectivity index (χ0v) is 15.4. The van der Waals surface area contributed by atoms with Gasteiger partial charge in [0.1, 0.15) is 17.7 Å². The number of nitrogens with zero attached hydrogens (tertiary/aromatic N) is 1. The first-order valence-corrected chi connectivity index (χ1v) is 9.07. The highest BCUT2D eigenvalue weighted by Crippen LogP contribution is 2.32. The maximum absolute atomic E-state index is 13.1. The molecular weight excluding hydrogens is 370 g/mol. The van der Waals surface area contributed by atoms with Crippen molar-refractivity contribution in [2.45, 2.75) is 6.17 Å². The van der Waals surface area contributed by atoms with E-state index in [-0.39, 0.29) is 18.3 Å². The highest BCUT2D eigenvalue weighted by atomic mass is 16.5. The number of aromatic hydroxyl groups is 1. The van der Waals surface area contributed by atoms with E-state index in [2.05, 4.69) is 10.7 Å². The van der Waals surface area contributed by atoms with Gasteiger partial charge in [0.25, 0.3) is 11.8 Å². The van der Waals surface area contributed by atoms with Crippen LogP contribution in [-0.4, -0.2) is 28.5 Å². The summed E-state index contributed by atoms with van der Waals surface area (Å²) >= 11 is 0. The second-order valence-electron chi connectivity index (χ2n) is 6.50. The maximum Gasteiger partial charge on any atom is 0.276 e. The van der Waals surface area contributed by atoms with E-state index >= 15 is 0 Å². The van der Waals surface area contributed by atoms with Crippen LogP contribution in [0.3, 0.4) is 0 Å². The topological polar surface area (TPSA) is 90.9 Å². The Morgan fingerprint density at radius 2 is 1.69 bits per heavy atom. The number of amides is 2. The quantitative estimate of drug-likeness (QED) is 0.624. The Labute approximate surface area is 167 Å². The lowest BCUT2D eigenvalue weighted by Crippen LogP contribution is -2.53. The lowest BCUT2D eigenvalue weighted by Gasteiger charge is -2.37. The number of carbonyl (C=O) groups excluding carboxylic acids is 2. The number of hydrogen-bond acceptors (Lipinski definition) is 5. The fourth-order valence-corrected chi connectivity index (χ4v) is 3.09. The Hall–Kier alpha value is -4.00. The van der Waals surface area contributed by atoms with Crippen LogP contribution in [0.2, 0.25) is 0 Å². The van der Waals surface area contributed by atoms with Crippen LogP contribution < -0.4 is 15.5 Å². The van der Waals surface area contributed by atoms with Gasteiger partial charge in [-0.1, -0.05) is 42.5 Å². The molecule has 0 aliphatic carbocycles. The van der Waals surface area contributed by atoms with Gasteiger partial charge in [-0.05, 0) is 42.0 Å². The average molecular weight is 389 g/mol. The molecule has 3 aromatic carbocycles. The number of hydrogen-bond donors (Lipinski definition) is 3. The minimum absolute atomic E-state index is 0.114. The predicted molar refractivity (Wildman–Crippen MR) is 107 cm³/mol. The molecule has 0 bridgehead atoms. The third-order valence-electron chi connectivity index (χ3n) is 4.49. The normalized spacial score (nSPS) is 15.2. The molecule has 2 amide bonds. The SMILES string of the molecule is O=C(COc1ccccc1)NN1C(=O)c2ccccc2NC1c1ccc(O)cc1. The van der Waals surface area contributed by atoms with Crippen LogP contribution in [0.4, 0.5) is 5.69 Å². The van der Waals surface area contributed by atoms with E-state index in [0.29, 0.717) is 22.6 Å². The molecule has 0 spiro atoms. The molecule has 1 aliphatic rings. The monoisotopic (exact) mass is 389 g/mol. The molecule has 1 unspecified atom stereocenters. The highest BCUT2D eigenvalue weighted by Gasteiger charge is 2.34. The van der Waals surface area contributed by atoms with Gasteiger partial charge in [-0.3, -0.25) is 15.0 Å². The van der Waals surface area contributed by atoms with Crippen LogP contribution in [0.25, 0.3) is 0 Å². The Kier molecular flexibility index (Phi) is 5.03. The van der Waals surface area contributed by atoms with Crippen LogP contribution in [0.5, 0.6) is 11.5 Å². The first kappa shape index (κ1) is 18.4. The second kappa shape index (κ2) is 7.93. The smallest absolute Gasteiger partial charge is 0.276 e. The van der Waals surface area contributed by atoms with E-state index in [0.717, 1.165) is 0 Å². The summed E-state index contributed by atoms with van der Waals surface area (Å²) in [6.45, 7) is -0.238. The molecule has 0 saturated carbocycles. The predicted octanol–water partition coefficient (Wildman–Crippen LogP) is 3.07. The molecule has 3 N–H and O–H groups in total. The maximum atomic E-state index is 13.1. The first-order chi connectivity index (χ1) is 14.1. The molecule has 1 heterocycles. The molecule has 0 radical (unpaired) electrons. The fraction of sp³-hybridized carbons (Fsp3) is 0.0909. The minimum Gasteiger partial charge on any atom is -0.508 e. The van der Waals surface area contributed by atoms with E-state index in [9.17, 15) is 14.7 Å². The van der Waals surface area contributed by atoms with Crippen molar-refractivity contribution in [3.63, 3.8) is 0 Å². The van der Waals surface area contributed by atoms with Crippen molar-refractivity contribution in [2.75, 3.05) is 11.9 Å². The lowest BCUT2D eigenvalue weighted by molar-refractivity contribution is -0.127. The van der Waals surface area contributed by atoms with E-state index in [1.807, 2.05) is 24.3 Å². The molecule has 7 nitrogen and oxygen atoms in total. The second-order valence-corrected chi connectivity index (χ2v) is 6.50. The van der Waals surface area contributed by atoms with Gasteiger partial charge in [-0.25, -0.2) is 5.01 Å². The standard InChI is InChI=1S/C22H19N3O4/c26-16-12-10-15(11-13-16)21-23-19-9-5-4-8-18(19)22(28)25(21)24-20(27)14-29-17-6-2-1-3-7-17/h1-13,21,23,26H,14H2,(H,24,27). The van der Waals surface area contributed by atoms with Crippen molar-refractivity contribution in [2.24, 2.45) is 0 Å². The number of phenols is 1. The number of benzene rings is 3. The summed E-state index contributed by atoms with van der Waals surface area (Å²) in [6.07, 6.45) is -0.640. The van der Waals surface area contributed by atoms with E-state index in [1.54, 1.807) is 42.5 Å². The van der Waals surface area contributed by atoms with Crippen LogP contribution in [0.15, 0.2) is 78.9 Å². The molecule has 0 saturated heterocycles. The summed E-state index contributed by atoms with van der Waals surface area (Å²) in [4.78, 5) is 25.5. The van der Waals surface area contributed by atoms with Gasteiger partial charge in [0.05, 0.1) is 5.56 Å². The number of hydrazine groups is 1. The number of phenolic OH excluding ortho intramolecular Hbond substituents is 1. The number of nitrogens with one attached hydrogen (secondary N) is 2. The van der Waals surface area contributed by atoms with Gasteiger partial charge in [-0.2, -0.15) is 0 Å². The van der Waals surface area contributed by atoms with Gasteiger partial charge in [0.15, 0.2) is 6.61 Å². The van der Waals surface area contributed by atoms with Crippen LogP contribution >= 0.6 is 0 Å². The van der Waals surface area contributed by atoms with Crippen molar-refractivity contribution in [1.82, 2.24) is 10.4 Å². The molecule has 0 aromatic heterocycles. The molecule has 0 fully saturated rings. The third kappa shape index (κ3) is 3.98. The number of anilines is 1. The van der Waals surface area contributed by atoms with Crippen molar-refractivity contribution in [3.8, 4) is 11.5 Å². The van der Waals surface area contributed by atoms with Gasteiger partial charge in [0.2, 0.25) is 0 Å². The average Bonchev–Trinajstić information content (AvgIpc) is 2.75. The molecule has 7 heteroatoms. The molecular formula is C22H19N3O4. The number of ether oxygens (including phenoxy) is 1. The Bertz CT molecular complexity index is 1020. The van der Waals surface area contributed by atoms with Crippen molar-refractivity contribution < 1.29 is 19.4 Å². The Balaban J connectivity index is 1.56. The van der Waals surface area contributed by atoms with Gasteiger partial charge in [-0.15, -0.1) is 0 Å². The summed E-state index contributed by atoms with van der Waals surface area (Å²) in [6, 6.07) is 22.5.